The van der Waals surface area contributed by atoms with Gasteiger partial charge in [-0.1, -0.05) is 44.3 Å². The van der Waals surface area contributed by atoms with E-state index in [1.54, 1.807) is 0 Å². The Kier molecular flexibility index (Phi) is 4.16. The monoisotopic (exact) mass is 238 g/mol. The lowest BCUT2D eigenvalue weighted by atomic mass is 9.72. The lowest BCUT2D eigenvalue weighted by Crippen LogP contribution is -2.31. The van der Waals surface area contributed by atoms with Gasteiger partial charge in [0.2, 0.25) is 0 Å². The highest BCUT2D eigenvalue weighted by Gasteiger charge is 2.34. The fourth-order valence-corrected chi connectivity index (χ4v) is 2.86. The SMILES string of the molecule is CC(=CCC1(C)CCCCC1=O)[Si](C)(C)C. The summed E-state index contributed by atoms with van der Waals surface area (Å²) in [4.78, 5) is 12.0. The minimum Gasteiger partial charge on any atom is -0.299 e. The minimum absolute atomic E-state index is 0.0564. The molecule has 0 heterocycles. The van der Waals surface area contributed by atoms with Crippen molar-refractivity contribution in [3.63, 3.8) is 0 Å². The molecule has 2 heteroatoms. The number of Topliss-reactive ketones (excluding diaryl/α,β-unsaturated/α-hetero) is 1. The Morgan fingerprint density at radius 2 is 2.00 bits per heavy atom. The summed E-state index contributed by atoms with van der Waals surface area (Å²) in [5.41, 5.74) is -0.0564. The van der Waals surface area contributed by atoms with Gasteiger partial charge in [0, 0.05) is 11.8 Å². The molecule has 0 aromatic carbocycles. The molecule has 92 valence electrons. The van der Waals surface area contributed by atoms with Gasteiger partial charge in [0.1, 0.15) is 5.78 Å². The van der Waals surface area contributed by atoms with Crippen molar-refractivity contribution in [1.29, 1.82) is 0 Å². The van der Waals surface area contributed by atoms with Crippen LogP contribution in [0.3, 0.4) is 0 Å². The normalized spacial score (nSPS) is 28.3. The van der Waals surface area contributed by atoms with E-state index in [4.69, 9.17) is 0 Å². The highest BCUT2D eigenvalue weighted by molar-refractivity contribution is 6.82. The van der Waals surface area contributed by atoms with Gasteiger partial charge in [0.25, 0.3) is 0 Å². The first-order valence-electron chi connectivity index (χ1n) is 6.46. The summed E-state index contributed by atoms with van der Waals surface area (Å²) in [6.45, 7) is 11.5. The maximum atomic E-state index is 12.0. The zero-order valence-electron chi connectivity index (χ0n) is 11.5. The average Bonchev–Trinajstić information content (AvgIpc) is 2.18. The third-order valence-corrected chi connectivity index (χ3v) is 6.67. The average molecular weight is 238 g/mol. The third-order valence-electron chi connectivity index (χ3n) is 4.10. The second kappa shape index (κ2) is 4.87. The molecule has 0 saturated heterocycles. The first kappa shape index (κ1) is 13.7. The smallest absolute Gasteiger partial charge is 0.139 e. The van der Waals surface area contributed by atoms with E-state index >= 15 is 0 Å². The Balaban J connectivity index is 2.69. The van der Waals surface area contributed by atoms with Gasteiger partial charge < -0.3 is 0 Å². The molecule has 1 atom stereocenters. The Morgan fingerprint density at radius 1 is 1.38 bits per heavy atom. The molecule has 16 heavy (non-hydrogen) atoms. The molecule has 0 N–H and O–H groups in total. The minimum atomic E-state index is -1.15. The molecule has 0 amide bonds. The van der Waals surface area contributed by atoms with E-state index in [9.17, 15) is 4.79 Å². The maximum Gasteiger partial charge on any atom is 0.139 e. The second-order valence-corrected chi connectivity index (χ2v) is 11.8. The fourth-order valence-electron chi connectivity index (χ4n) is 2.14. The van der Waals surface area contributed by atoms with Gasteiger partial charge in [-0.15, -0.1) is 0 Å². The van der Waals surface area contributed by atoms with Crippen molar-refractivity contribution >= 4 is 13.9 Å². The van der Waals surface area contributed by atoms with Crippen molar-refractivity contribution in [3.8, 4) is 0 Å². The molecule has 0 bridgehead atoms. The Morgan fingerprint density at radius 3 is 2.50 bits per heavy atom. The van der Waals surface area contributed by atoms with Crippen molar-refractivity contribution in [2.45, 2.75) is 65.6 Å². The Bertz CT molecular complexity index is 298. The van der Waals surface area contributed by atoms with Gasteiger partial charge in [-0.05, 0) is 26.2 Å². The van der Waals surface area contributed by atoms with E-state index in [1.165, 1.54) is 11.6 Å². The van der Waals surface area contributed by atoms with Crippen LogP contribution in [0.5, 0.6) is 0 Å². The van der Waals surface area contributed by atoms with Crippen molar-refractivity contribution in [2.75, 3.05) is 0 Å². The van der Waals surface area contributed by atoms with Gasteiger partial charge in [-0.25, -0.2) is 0 Å². The maximum absolute atomic E-state index is 12.0. The van der Waals surface area contributed by atoms with Crippen LogP contribution in [0, 0.1) is 5.41 Å². The number of ketones is 1. The summed E-state index contributed by atoms with van der Waals surface area (Å²) in [5, 5.41) is 1.53. The van der Waals surface area contributed by atoms with E-state index in [0.29, 0.717) is 5.78 Å². The van der Waals surface area contributed by atoms with Crippen LogP contribution in [0.25, 0.3) is 0 Å². The molecular weight excluding hydrogens is 212 g/mol. The van der Waals surface area contributed by atoms with Crippen molar-refractivity contribution < 1.29 is 4.79 Å². The predicted octanol–water partition coefficient (Wildman–Crippen LogP) is 4.35. The zero-order chi connectivity index (χ0) is 12.4. The first-order valence-corrected chi connectivity index (χ1v) is 9.96. The van der Waals surface area contributed by atoms with Crippen LogP contribution in [-0.2, 0) is 4.79 Å². The van der Waals surface area contributed by atoms with E-state index in [2.05, 4.69) is 39.6 Å². The van der Waals surface area contributed by atoms with Gasteiger partial charge in [-0.3, -0.25) is 4.79 Å². The quantitative estimate of drug-likeness (QED) is 0.668. The van der Waals surface area contributed by atoms with Gasteiger partial charge in [-0.2, -0.15) is 0 Å². The van der Waals surface area contributed by atoms with Gasteiger partial charge in [0.15, 0.2) is 0 Å². The van der Waals surface area contributed by atoms with Crippen molar-refractivity contribution in [1.82, 2.24) is 0 Å². The standard InChI is InChI=1S/C14H26OSi/c1-12(16(3,4)5)9-11-14(2)10-7-6-8-13(14)15/h9H,6-8,10-11H2,1-5H3. The van der Waals surface area contributed by atoms with Crippen LogP contribution in [0.1, 0.15) is 46.0 Å². The molecule has 0 aromatic heterocycles. The van der Waals surface area contributed by atoms with Crippen molar-refractivity contribution in [2.24, 2.45) is 5.41 Å². The van der Waals surface area contributed by atoms with E-state index in [0.717, 1.165) is 25.7 Å². The molecule has 0 aromatic rings. The van der Waals surface area contributed by atoms with Crippen LogP contribution >= 0.6 is 0 Å². The predicted molar refractivity (Wildman–Crippen MR) is 73.3 cm³/mol. The summed E-state index contributed by atoms with van der Waals surface area (Å²) in [5.74, 6) is 0.485. The third kappa shape index (κ3) is 3.31. The lowest BCUT2D eigenvalue weighted by Gasteiger charge is -2.31. The van der Waals surface area contributed by atoms with Crippen LogP contribution in [0.4, 0.5) is 0 Å². The Hall–Kier alpha value is -0.373. The summed E-state index contributed by atoms with van der Waals surface area (Å²) < 4.78 is 0. The van der Waals surface area contributed by atoms with Crippen LogP contribution in [-0.4, -0.2) is 13.9 Å². The van der Waals surface area contributed by atoms with E-state index in [1.807, 2.05) is 0 Å². The molecule has 1 rings (SSSR count). The largest absolute Gasteiger partial charge is 0.299 e. The number of carbonyl (C=O) groups excluding carboxylic acids is 1. The zero-order valence-corrected chi connectivity index (χ0v) is 12.5. The molecule has 0 aliphatic heterocycles. The highest BCUT2D eigenvalue weighted by Crippen LogP contribution is 2.36. The van der Waals surface area contributed by atoms with E-state index < -0.39 is 8.07 Å². The fraction of sp³-hybridized carbons (Fsp3) is 0.786. The first-order chi connectivity index (χ1) is 7.26. The molecule has 1 aliphatic rings. The van der Waals surface area contributed by atoms with Gasteiger partial charge in [0.05, 0.1) is 8.07 Å². The number of hydrogen-bond acceptors (Lipinski definition) is 1. The molecule has 0 spiro atoms. The molecule has 0 radical (unpaired) electrons. The highest BCUT2D eigenvalue weighted by atomic mass is 28.3. The Labute approximate surface area is 101 Å². The molecule has 1 aliphatic carbocycles. The van der Waals surface area contributed by atoms with Crippen LogP contribution < -0.4 is 0 Å². The number of rotatable bonds is 3. The van der Waals surface area contributed by atoms with Gasteiger partial charge >= 0.3 is 0 Å². The second-order valence-electron chi connectivity index (χ2n) is 6.53. The molecule has 1 unspecified atom stereocenters. The summed E-state index contributed by atoms with van der Waals surface area (Å²) in [6, 6.07) is 0. The summed E-state index contributed by atoms with van der Waals surface area (Å²) >= 11 is 0. The number of carbonyl (C=O) groups is 1. The topological polar surface area (TPSA) is 17.1 Å². The van der Waals surface area contributed by atoms with E-state index in [-0.39, 0.29) is 5.41 Å². The number of hydrogen-bond donors (Lipinski definition) is 0. The lowest BCUT2D eigenvalue weighted by molar-refractivity contribution is -0.130. The van der Waals surface area contributed by atoms with Crippen LogP contribution in [0.15, 0.2) is 11.3 Å². The van der Waals surface area contributed by atoms with Crippen LogP contribution in [0.2, 0.25) is 19.6 Å². The number of allylic oxidation sites excluding steroid dienone is 2. The molecule has 1 saturated carbocycles. The molecule has 1 fully saturated rings. The van der Waals surface area contributed by atoms with Crippen molar-refractivity contribution in [3.05, 3.63) is 11.3 Å². The molecular formula is C14H26OSi. The summed E-state index contributed by atoms with van der Waals surface area (Å²) in [6.07, 6.45) is 7.52. The molecule has 1 nitrogen and oxygen atoms in total. The summed E-state index contributed by atoms with van der Waals surface area (Å²) in [7, 11) is -1.15.